The number of carboxylic acids is 1. The van der Waals surface area contributed by atoms with Crippen molar-refractivity contribution < 1.29 is 14.7 Å². The van der Waals surface area contributed by atoms with E-state index in [4.69, 9.17) is 5.11 Å². The van der Waals surface area contributed by atoms with Gasteiger partial charge in [-0.15, -0.1) is 0 Å². The highest BCUT2D eigenvalue weighted by Gasteiger charge is 2.20. The lowest BCUT2D eigenvalue weighted by Crippen LogP contribution is -2.41. The molecule has 1 amide bonds. The van der Waals surface area contributed by atoms with E-state index >= 15 is 0 Å². The van der Waals surface area contributed by atoms with Crippen molar-refractivity contribution in [2.45, 2.75) is 25.8 Å². The van der Waals surface area contributed by atoms with Crippen LogP contribution in [0.3, 0.4) is 0 Å². The topological polar surface area (TPSA) is 97.1 Å². The number of aromatic nitrogens is 3. The van der Waals surface area contributed by atoms with Gasteiger partial charge in [0.1, 0.15) is 11.7 Å². The van der Waals surface area contributed by atoms with E-state index < -0.39 is 17.9 Å². The Bertz CT molecular complexity index is 625. The number of hydrogen-bond donors (Lipinski definition) is 2. The Balaban J connectivity index is 2.16. The summed E-state index contributed by atoms with van der Waals surface area (Å²) >= 11 is 0. The zero-order chi connectivity index (χ0) is 15.2. The van der Waals surface area contributed by atoms with Crippen LogP contribution in [-0.2, 0) is 4.79 Å². The molecule has 0 spiro atoms. The SMILES string of the molecule is CCCC(NC(=O)c1cccc(-n2cccn2)n1)C(=O)O. The quantitative estimate of drug-likeness (QED) is 0.833. The minimum Gasteiger partial charge on any atom is -0.480 e. The lowest BCUT2D eigenvalue weighted by molar-refractivity contribution is -0.139. The molecule has 0 fully saturated rings. The zero-order valence-corrected chi connectivity index (χ0v) is 11.6. The van der Waals surface area contributed by atoms with Gasteiger partial charge in [0.2, 0.25) is 0 Å². The van der Waals surface area contributed by atoms with Gasteiger partial charge in [0.15, 0.2) is 5.82 Å². The van der Waals surface area contributed by atoms with Crippen LogP contribution in [0.4, 0.5) is 0 Å². The summed E-state index contributed by atoms with van der Waals surface area (Å²) in [4.78, 5) is 27.3. The number of carboxylic acid groups (broad SMARTS) is 1. The van der Waals surface area contributed by atoms with Crippen LogP contribution in [0.5, 0.6) is 0 Å². The molecule has 0 saturated heterocycles. The maximum Gasteiger partial charge on any atom is 0.326 e. The van der Waals surface area contributed by atoms with Crippen molar-refractivity contribution >= 4 is 11.9 Å². The molecule has 110 valence electrons. The third-order valence-electron chi connectivity index (χ3n) is 2.89. The summed E-state index contributed by atoms with van der Waals surface area (Å²) in [7, 11) is 0. The van der Waals surface area contributed by atoms with Crippen molar-refractivity contribution in [1.82, 2.24) is 20.1 Å². The van der Waals surface area contributed by atoms with Crippen LogP contribution in [-0.4, -0.2) is 37.8 Å². The molecule has 7 nitrogen and oxygen atoms in total. The summed E-state index contributed by atoms with van der Waals surface area (Å²) in [5, 5.41) is 15.6. The maximum atomic E-state index is 12.1. The van der Waals surface area contributed by atoms with Crippen molar-refractivity contribution in [1.29, 1.82) is 0 Å². The Morgan fingerprint density at radius 3 is 2.81 bits per heavy atom. The summed E-state index contributed by atoms with van der Waals surface area (Å²) in [6.07, 6.45) is 4.36. The minimum absolute atomic E-state index is 0.158. The first-order chi connectivity index (χ1) is 10.1. The molecule has 2 heterocycles. The highest BCUT2D eigenvalue weighted by atomic mass is 16.4. The van der Waals surface area contributed by atoms with E-state index in [0.29, 0.717) is 18.7 Å². The number of amides is 1. The maximum absolute atomic E-state index is 12.1. The molecule has 0 bridgehead atoms. The van der Waals surface area contributed by atoms with Crippen molar-refractivity contribution in [2.24, 2.45) is 0 Å². The lowest BCUT2D eigenvalue weighted by atomic mass is 10.1. The second-order valence-electron chi connectivity index (χ2n) is 4.48. The van der Waals surface area contributed by atoms with Gasteiger partial charge in [-0.25, -0.2) is 14.5 Å². The number of carbonyl (C=O) groups is 2. The molecule has 0 aliphatic rings. The number of pyridine rings is 1. The summed E-state index contributed by atoms with van der Waals surface area (Å²) in [6.45, 7) is 1.86. The van der Waals surface area contributed by atoms with Crippen LogP contribution in [0.2, 0.25) is 0 Å². The number of carbonyl (C=O) groups excluding carboxylic acids is 1. The normalized spacial score (nSPS) is 11.9. The first-order valence-corrected chi connectivity index (χ1v) is 6.62. The largest absolute Gasteiger partial charge is 0.480 e. The molecule has 2 rings (SSSR count). The third-order valence-corrected chi connectivity index (χ3v) is 2.89. The van der Waals surface area contributed by atoms with Crippen LogP contribution in [0, 0.1) is 0 Å². The molecule has 2 N–H and O–H groups in total. The fourth-order valence-electron chi connectivity index (χ4n) is 1.86. The predicted molar refractivity (Wildman–Crippen MR) is 75.2 cm³/mol. The number of nitrogens with one attached hydrogen (secondary N) is 1. The van der Waals surface area contributed by atoms with E-state index in [9.17, 15) is 9.59 Å². The Kier molecular flexibility index (Phi) is 4.65. The van der Waals surface area contributed by atoms with Gasteiger partial charge in [-0.1, -0.05) is 19.4 Å². The minimum atomic E-state index is -1.05. The van der Waals surface area contributed by atoms with Gasteiger partial charge < -0.3 is 10.4 Å². The van der Waals surface area contributed by atoms with Crippen LogP contribution < -0.4 is 5.32 Å². The van der Waals surface area contributed by atoms with Crippen LogP contribution in [0.1, 0.15) is 30.3 Å². The average molecular weight is 288 g/mol. The molecular formula is C14H16N4O3. The van der Waals surface area contributed by atoms with Crippen molar-refractivity contribution in [3.63, 3.8) is 0 Å². The highest BCUT2D eigenvalue weighted by molar-refractivity contribution is 5.95. The van der Waals surface area contributed by atoms with Crippen molar-refractivity contribution in [3.8, 4) is 5.82 Å². The standard InChI is InChI=1S/C14H16N4O3/c1-2-5-11(14(20)21)17-13(19)10-6-3-7-12(16-10)18-9-4-8-15-18/h3-4,6-9,11H,2,5H2,1H3,(H,17,19)(H,20,21). The number of rotatable bonds is 6. The van der Waals surface area contributed by atoms with Crippen LogP contribution in [0.15, 0.2) is 36.7 Å². The molecule has 0 saturated carbocycles. The van der Waals surface area contributed by atoms with Crippen LogP contribution >= 0.6 is 0 Å². The summed E-state index contributed by atoms with van der Waals surface area (Å²) in [5.74, 6) is -1.06. The second kappa shape index (κ2) is 6.65. The molecule has 2 aromatic heterocycles. The van der Waals surface area contributed by atoms with E-state index in [1.165, 1.54) is 10.7 Å². The summed E-state index contributed by atoms with van der Waals surface area (Å²) < 4.78 is 1.53. The Labute approximate surface area is 121 Å². The van der Waals surface area contributed by atoms with E-state index in [-0.39, 0.29) is 5.69 Å². The first kappa shape index (κ1) is 14.7. The smallest absolute Gasteiger partial charge is 0.326 e. The molecule has 1 unspecified atom stereocenters. The monoisotopic (exact) mass is 288 g/mol. The number of hydrogen-bond acceptors (Lipinski definition) is 4. The molecule has 2 aromatic rings. The summed E-state index contributed by atoms with van der Waals surface area (Å²) in [6, 6.07) is 5.76. The van der Waals surface area contributed by atoms with E-state index in [1.807, 2.05) is 6.92 Å². The van der Waals surface area contributed by atoms with Crippen molar-refractivity contribution in [3.05, 3.63) is 42.4 Å². The van der Waals surface area contributed by atoms with Gasteiger partial charge in [0.05, 0.1) is 0 Å². The Morgan fingerprint density at radius 1 is 1.38 bits per heavy atom. The predicted octanol–water partition coefficient (Wildman–Crippen LogP) is 1.25. The average Bonchev–Trinajstić information content (AvgIpc) is 3.01. The molecular weight excluding hydrogens is 272 g/mol. The second-order valence-corrected chi connectivity index (χ2v) is 4.48. The molecule has 7 heteroatoms. The number of aliphatic carboxylic acids is 1. The van der Waals surface area contributed by atoms with Gasteiger partial charge in [-0.3, -0.25) is 4.79 Å². The van der Waals surface area contributed by atoms with Gasteiger partial charge >= 0.3 is 5.97 Å². The third kappa shape index (κ3) is 3.65. The van der Waals surface area contributed by atoms with Gasteiger partial charge in [-0.2, -0.15) is 5.10 Å². The number of nitrogens with zero attached hydrogens (tertiary/aromatic N) is 3. The fourth-order valence-corrected chi connectivity index (χ4v) is 1.86. The zero-order valence-electron chi connectivity index (χ0n) is 11.6. The first-order valence-electron chi connectivity index (χ1n) is 6.62. The molecule has 1 atom stereocenters. The van der Waals surface area contributed by atoms with Gasteiger partial charge in [-0.05, 0) is 24.6 Å². The fraction of sp³-hybridized carbons (Fsp3) is 0.286. The molecule has 0 aliphatic heterocycles. The van der Waals surface area contributed by atoms with Crippen LogP contribution in [0.25, 0.3) is 5.82 Å². The molecule has 0 radical (unpaired) electrons. The highest BCUT2D eigenvalue weighted by Crippen LogP contribution is 2.06. The van der Waals surface area contributed by atoms with Gasteiger partial charge in [0.25, 0.3) is 5.91 Å². The molecule has 0 aromatic carbocycles. The van der Waals surface area contributed by atoms with E-state index in [0.717, 1.165) is 0 Å². The molecule has 0 aliphatic carbocycles. The lowest BCUT2D eigenvalue weighted by Gasteiger charge is -2.13. The Morgan fingerprint density at radius 2 is 2.19 bits per heavy atom. The van der Waals surface area contributed by atoms with Gasteiger partial charge in [0, 0.05) is 12.4 Å². The Hall–Kier alpha value is -2.70. The summed E-state index contributed by atoms with van der Waals surface area (Å²) in [5.41, 5.74) is 0.158. The van der Waals surface area contributed by atoms with E-state index in [2.05, 4.69) is 15.4 Å². The van der Waals surface area contributed by atoms with Crippen molar-refractivity contribution in [2.75, 3.05) is 0 Å². The molecule has 21 heavy (non-hydrogen) atoms. The van der Waals surface area contributed by atoms with E-state index in [1.54, 1.807) is 30.6 Å².